The van der Waals surface area contributed by atoms with Crippen molar-refractivity contribution in [3.63, 3.8) is 0 Å². The summed E-state index contributed by atoms with van der Waals surface area (Å²) in [5, 5.41) is 20.1. The second-order valence-corrected chi connectivity index (χ2v) is 7.39. The summed E-state index contributed by atoms with van der Waals surface area (Å²) < 4.78 is 5.44. The van der Waals surface area contributed by atoms with Crippen molar-refractivity contribution in [3.8, 4) is 23.5 Å². The number of amides is 2. The van der Waals surface area contributed by atoms with Crippen LogP contribution >= 0.6 is 0 Å². The lowest BCUT2D eigenvalue weighted by molar-refractivity contribution is -0.139. The van der Waals surface area contributed by atoms with Crippen LogP contribution in [0.1, 0.15) is 34.0 Å². The number of ether oxygens (including phenoxy) is 1. The van der Waals surface area contributed by atoms with Crippen LogP contribution in [0, 0.1) is 12.3 Å². The lowest BCUT2D eigenvalue weighted by Crippen LogP contribution is -2.40. The maximum atomic E-state index is 12.3. The van der Waals surface area contributed by atoms with Gasteiger partial charge in [-0.3, -0.25) is 15.2 Å². The first kappa shape index (κ1) is 21.6. The highest BCUT2D eigenvalue weighted by atomic mass is 16.5. The Morgan fingerprint density at radius 2 is 1.76 bits per heavy atom. The molecule has 2 aromatic carbocycles. The third-order valence-electron chi connectivity index (χ3n) is 5.32. The monoisotopic (exact) mass is 444 g/mol. The number of fused-ring (bicyclic) bond motifs is 3. The standard InChI is InChI=1S/C24H20N4O5/c1-2-7-19(23(30)31)25-22(29)20-12-21(28-27-20)26-24(32)33-13-18-16-10-5-3-8-14(16)15-9-4-6-11-17(15)18/h1,3-6,8-12,18-19H,7,13H2,(H,25,29)(H,30,31)(H2,26,27,28,32). The van der Waals surface area contributed by atoms with Crippen molar-refractivity contribution in [1.29, 1.82) is 0 Å². The third-order valence-corrected chi connectivity index (χ3v) is 5.32. The fourth-order valence-corrected chi connectivity index (χ4v) is 3.80. The first-order valence-corrected chi connectivity index (χ1v) is 10.1. The van der Waals surface area contributed by atoms with Crippen molar-refractivity contribution < 1.29 is 24.2 Å². The SMILES string of the molecule is C#CCC(NC(=O)c1cc(NC(=O)OCC2c3ccccc3-c3ccccc32)n[nH]1)C(=O)O. The summed E-state index contributed by atoms with van der Waals surface area (Å²) in [7, 11) is 0. The fraction of sp³-hybridized carbons (Fsp3) is 0.167. The van der Waals surface area contributed by atoms with E-state index in [0.29, 0.717) is 0 Å². The minimum atomic E-state index is -1.25. The lowest BCUT2D eigenvalue weighted by Gasteiger charge is -2.14. The second kappa shape index (κ2) is 9.28. The number of aromatic amines is 1. The molecule has 0 bridgehead atoms. The molecule has 1 unspecified atom stereocenters. The normalized spacial score (nSPS) is 12.7. The topological polar surface area (TPSA) is 133 Å². The molecule has 1 heterocycles. The number of carboxylic acid groups (broad SMARTS) is 1. The number of carboxylic acids is 1. The highest BCUT2D eigenvalue weighted by Crippen LogP contribution is 2.44. The Bertz CT molecular complexity index is 1210. The van der Waals surface area contributed by atoms with Crippen LogP contribution in [0.5, 0.6) is 0 Å². The number of aromatic nitrogens is 2. The van der Waals surface area contributed by atoms with Gasteiger partial charge in [-0.15, -0.1) is 12.3 Å². The van der Waals surface area contributed by atoms with Gasteiger partial charge in [-0.05, 0) is 22.3 Å². The maximum Gasteiger partial charge on any atom is 0.412 e. The Morgan fingerprint density at radius 1 is 1.12 bits per heavy atom. The zero-order valence-corrected chi connectivity index (χ0v) is 17.4. The van der Waals surface area contributed by atoms with Crippen LogP contribution in [0.4, 0.5) is 10.6 Å². The van der Waals surface area contributed by atoms with E-state index in [1.165, 1.54) is 6.07 Å². The summed E-state index contributed by atoms with van der Waals surface area (Å²) in [6.45, 7) is 0.129. The molecule has 1 atom stereocenters. The predicted octanol–water partition coefficient (Wildman–Crippen LogP) is 2.98. The van der Waals surface area contributed by atoms with Crippen molar-refractivity contribution in [2.75, 3.05) is 11.9 Å². The van der Waals surface area contributed by atoms with Gasteiger partial charge < -0.3 is 15.2 Å². The molecule has 33 heavy (non-hydrogen) atoms. The van der Waals surface area contributed by atoms with Crippen LogP contribution in [0.25, 0.3) is 11.1 Å². The summed E-state index contributed by atoms with van der Waals surface area (Å²) in [4.78, 5) is 35.7. The number of carbonyl (C=O) groups is 3. The molecule has 0 spiro atoms. The van der Waals surface area contributed by atoms with Gasteiger partial charge >= 0.3 is 12.1 Å². The number of rotatable bonds is 7. The number of anilines is 1. The van der Waals surface area contributed by atoms with Crippen LogP contribution in [-0.2, 0) is 9.53 Å². The number of hydrogen-bond donors (Lipinski definition) is 4. The van der Waals surface area contributed by atoms with Crippen LogP contribution < -0.4 is 10.6 Å². The average Bonchev–Trinajstić information content (AvgIpc) is 3.40. The predicted molar refractivity (Wildman–Crippen MR) is 120 cm³/mol. The van der Waals surface area contributed by atoms with Gasteiger partial charge in [0.15, 0.2) is 5.82 Å². The average molecular weight is 444 g/mol. The minimum absolute atomic E-state index is 0.0350. The number of terminal acetylenes is 1. The molecule has 1 aliphatic rings. The quantitative estimate of drug-likeness (QED) is 0.414. The number of H-pyrrole nitrogens is 1. The second-order valence-electron chi connectivity index (χ2n) is 7.39. The van der Waals surface area contributed by atoms with Crippen molar-refractivity contribution in [3.05, 3.63) is 71.4 Å². The van der Waals surface area contributed by atoms with E-state index in [1.54, 1.807) is 0 Å². The van der Waals surface area contributed by atoms with E-state index in [0.717, 1.165) is 22.3 Å². The number of nitrogens with one attached hydrogen (secondary N) is 3. The van der Waals surface area contributed by atoms with Gasteiger partial charge in [-0.1, -0.05) is 48.5 Å². The molecule has 9 nitrogen and oxygen atoms in total. The van der Waals surface area contributed by atoms with Gasteiger partial charge in [0, 0.05) is 18.4 Å². The van der Waals surface area contributed by atoms with Crippen molar-refractivity contribution in [1.82, 2.24) is 15.5 Å². The summed E-state index contributed by atoms with van der Waals surface area (Å²) in [5.41, 5.74) is 4.38. The molecule has 0 fully saturated rings. The lowest BCUT2D eigenvalue weighted by atomic mass is 9.98. The van der Waals surface area contributed by atoms with E-state index < -0.39 is 24.0 Å². The zero-order valence-electron chi connectivity index (χ0n) is 17.4. The van der Waals surface area contributed by atoms with E-state index >= 15 is 0 Å². The maximum absolute atomic E-state index is 12.3. The van der Waals surface area contributed by atoms with Gasteiger partial charge in [0.1, 0.15) is 18.3 Å². The zero-order chi connectivity index (χ0) is 23.4. The van der Waals surface area contributed by atoms with Gasteiger partial charge in [0.05, 0.1) is 0 Å². The summed E-state index contributed by atoms with van der Waals surface area (Å²) in [5.74, 6) is 0.190. The minimum Gasteiger partial charge on any atom is -0.480 e. The van der Waals surface area contributed by atoms with Gasteiger partial charge in [-0.25, -0.2) is 9.59 Å². The molecule has 166 valence electrons. The molecule has 9 heteroatoms. The van der Waals surface area contributed by atoms with E-state index in [1.807, 2.05) is 48.5 Å². The molecule has 2 amide bonds. The van der Waals surface area contributed by atoms with Crippen LogP contribution in [0.15, 0.2) is 54.6 Å². The van der Waals surface area contributed by atoms with Crippen LogP contribution in [-0.4, -0.2) is 45.9 Å². The molecular formula is C24H20N4O5. The Labute approximate surface area is 189 Å². The van der Waals surface area contributed by atoms with Gasteiger partial charge in [0.2, 0.25) is 0 Å². The molecule has 0 radical (unpaired) electrons. The largest absolute Gasteiger partial charge is 0.480 e. The molecule has 4 rings (SSSR count). The number of hydrogen-bond acceptors (Lipinski definition) is 5. The summed E-state index contributed by atoms with van der Waals surface area (Å²) in [6.07, 6.45) is 4.22. The molecule has 1 aromatic heterocycles. The molecule has 0 aliphatic heterocycles. The van der Waals surface area contributed by atoms with E-state index in [9.17, 15) is 14.4 Å². The molecule has 4 N–H and O–H groups in total. The number of benzene rings is 2. The Balaban J connectivity index is 1.37. The molecule has 3 aromatic rings. The number of nitrogens with zero attached hydrogens (tertiary/aromatic N) is 1. The first-order valence-electron chi connectivity index (χ1n) is 10.1. The third kappa shape index (κ3) is 4.55. The van der Waals surface area contributed by atoms with Crippen molar-refractivity contribution in [2.45, 2.75) is 18.4 Å². The van der Waals surface area contributed by atoms with Crippen molar-refractivity contribution in [2.24, 2.45) is 0 Å². The van der Waals surface area contributed by atoms with Gasteiger partial charge in [0.25, 0.3) is 5.91 Å². The molecule has 0 saturated heterocycles. The summed E-state index contributed by atoms with van der Waals surface area (Å²) in [6, 6.07) is 16.0. The Kier molecular flexibility index (Phi) is 6.09. The Morgan fingerprint density at radius 3 is 2.36 bits per heavy atom. The molecular weight excluding hydrogens is 424 g/mol. The smallest absolute Gasteiger partial charge is 0.412 e. The van der Waals surface area contributed by atoms with Crippen LogP contribution in [0.2, 0.25) is 0 Å². The Hall–Kier alpha value is -4.58. The highest BCUT2D eigenvalue weighted by molar-refractivity contribution is 5.96. The van der Waals surface area contributed by atoms with Crippen LogP contribution in [0.3, 0.4) is 0 Å². The highest BCUT2D eigenvalue weighted by Gasteiger charge is 2.29. The van der Waals surface area contributed by atoms with Gasteiger partial charge in [-0.2, -0.15) is 5.10 Å². The number of carbonyl (C=O) groups excluding carboxylic acids is 2. The number of aliphatic carboxylic acids is 1. The summed E-state index contributed by atoms with van der Waals surface area (Å²) >= 11 is 0. The first-order chi connectivity index (χ1) is 16.0. The molecule has 1 aliphatic carbocycles. The molecule has 0 saturated carbocycles. The van der Waals surface area contributed by atoms with E-state index in [-0.39, 0.29) is 30.5 Å². The van der Waals surface area contributed by atoms with E-state index in [4.69, 9.17) is 16.3 Å². The van der Waals surface area contributed by atoms with E-state index in [2.05, 4.69) is 26.8 Å². The fourth-order valence-electron chi connectivity index (χ4n) is 3.80. The van der Waals surface area contributed by atoms with Crippen molar-refractivity contribution >= 4 is 23.8 Å².